The highest BCUT2D eigenvalue weighted by Gasteiger charge is 2.12. The predicted octanol–water partition coefficient (Wildman–Crippen LogP) is 2.15. The van der Waals surface area contributed by atoms with Crippen molar-refractivity contribution in [1.82, 2.24) is 5.32 Å². The first-order valence-corrected chi connectivity index (χ1v) is 6.41. The van der Waals surface area contributed by atoms with Crippen LogP contribution in [0, 0.1) is 11.6 Å². The maximum absolute atomic E-state index is 13.6. The average molecular weight is 273 g/mol. The molecule has 1 unspecified atom stereocenters. The van der Waals surface area contributed by atoms with Crippen LogP contribution in [0.25, 0.3) is 0 Å². The number of benzene rings is 1. The molecule has 0 aliphatic rings. The summed E-state index contributed by atoms with van der Waals surface area (Å²) in [6.45, 7) is 4.24. The highest BCUT2D eigenvalue weighted by atomic mass is 19.1. The molecule has 1 aromatic carbocycles. The van der Waals surface area contributed by atoms with Crippen molar-refractivity contribution in [3.8, 4) is 0 Å². The van der Waals surface area contributed by atoms with Crippen molar-refractivity contribution >= 4 is 0 Å². The molecule has 108 valence electrons. The van der Waals surface area contributed by atoms with Crippen molar-refractivity contribution in [2.24, 2.45) is 0 Å². The molecule has 0 saturated carbocycles. The Morgan fingerprint density at radius 3 is 2.68 bits per heavy atom. The number of hydrogen-bond acceptors (Lipinski definition) is 3. The van der Waals surface area contributed by atoms with Gasteiger partial charge in [0.15, 0.2) is 0 Å². The van der Waals surface area contributed by atoms with Crippen molar-refractivity contribution in [3.05, 3.63) is 35.4 Å². The fourth-order valence-electron chi connectivity index (χ4n) is 1.80. The van der Waals surface area contributed by atoms with E-state index in [0.717, 1.165) is 12.6 Å². The minimum Gasteiger partial charge on any atom is -0.382 e. The summed E-state index contributed by atoms with van der Waals surface area (Å²) in [5.41, 5.74) is 0.489. The van der Waals surface area contributed by atoms with E-state index in [1.165, 1.54) is 12.1 Å². The zero-order valence-corrected chi connectivity index (χ0v) is 11.4. The molecule has 0 aromatic heterocycles. The third-order valence-electron chi connectivity index (χ3n) is 2.73. The van der Waals surface area contributed by atoms with Crippen LogP contribution in [0.2, 0.25) is 0 Å². The number of ether oxygens (including phenoxy) is 2. The summed E-state index contributed by atoms with van der Waals surface area (Å²) in [6, 6.07) is 3.66. The van der Waals surface area contributed by atoms with Crippen LogP contribution in [0.4, 0.5) is 8.78 Å². The van der Waals surface area contributed by atoms with Gasteiger partial charge in [-0.15, -0.1) is 0 Å². The zero-order valence-electron chi connectivity index (χ0n) is 11.4. The molecule has 3 nitrogen and oxygen atoms in total. The molecule has 0 amide bonds. The molecular formula is C14H21F2NO2. The van der Waals surface area contributed by atoms with Gasteiger partial charge in [0.25, 0.3) is 0 Å². The van der Waals surface area contributed by atoms with Crippen molar-refractivity contribution in [2.45, 2.75) is 19.4 Å². The van der Waals surface area contributed by atoms with E-state index in [1.54, 1.807) is 7.11 Å². The van der Waals surface area contributed by atoms with E-state index in [1.807, 2.05) is 6.92 Å². The molecule has 1 atom stereocenters. The topological polar surface area (TPSA) is 30.5 Å². The molecule has 0 aliphatic carbocycles. The van der Waals surface area contributed by atoms with E-state index in [-0.39, 0.29) is 6.04 Å². The van der Waals surface area contributed by atoms with Gasteiger partial charge >= 0.3 is 0 Å². The molecule has 0 radical (unpaired) electrons. The van der Waals surface area contributed by atoms with Crippen LogP contribution in [0.3, 0.4) is 0 Å². The summed E-state index contributed by atoms with van der Waals surface area (Å²) in [5.74, 6) is -1.07. The quantitative estimate of drug-likeness (QED) is 0.699. The van der Waals surface area contributed by atoms with Gasteiger partial charge in [-0.1, -0.05) is 13.0 Å². The van der Waals surface area contributed by atoms with E-state index in [4.69, 9.17) is 9.47 Å². The lowest BCUT2D eigenvalue weighted by molar-refractivity contribution is 0.0588. The fourth-order valence-corrected chi connectivity index (χ4v) is 1.80. The molecule has 1 aromatic rings. The second kappa shape index (κ2) is 8.96. The van der Waals surface area contributed by atoms with Gasteiger partial charge in [-0.05, 0) is 24.6 Å². The van der Waals surface area contributed by atoms with Crippen molar-refractivity contribution in [3.63, 3.8) is 0 Å². The lowest BCUT2D eigenvalue weighted by Crippen LogP contribution is -2.36. The number of methoxy groups -OCH3 is 1. The number of likely N-dealkylation sites (N-methyl/N-ethyl adjacent to an activating group) is 1. The Hall–Kier alpha value is -1.04. The molecule has 0 spiro atoms. The molecule has 1 N–H and O–H groups in total. The molecule has 0 fully saturated rings. The Kier molecular flexibility index (Phi) is 7.55. The first-order chi connectivity index (χ1) is 9.17. The van der Waals surface area contributed by atoms with Crippen LogP contribution >= 0.6 is 0 Å². The maximum atomic E-state index is 13.6. The van der Waals surface area contributed by atoms with Crippen LogP contribution in [-0.4, -0.2) is 39.5 Å². The van der Waals surface area contributed by atoms with Crippen molar-refractivity contribution in [2.75, 3.05) is 33.5 Å². The monoisotopic (exact) mass is 273 g/mol. The minimum atomic E-state index is -0.558. The van der Waals surface area contributed by atoms with Crippen LogP contribution in [0.15, 0.2) is 18.2 Å². The van der Waals surface area contributed by atoms with Gasteiger partial charge < -0.3 is 14.8 Å². The Balaban J connectivity index is 2.51. The molecule has 1 rings (SSSR count). The van der Waals surface area contributed by atoms with E-state index >= 15 is 0 Å². The Bertz CT molecular complexity index is 374. The number of nitrogens with one attached hydrogen (secondary N) is 1. The highest BCUT2D eigenvalue weighted by molar-refractivity contribution is 5.19. The highest BCUT2D eigenvalue weighted by Crippen LogP contribution is 2.12. The standard InChI is InChI=1S/C14H21F2NO2/c1-3-17-13(10-19-7-6-18-2)8-11-4-5-12(15)9-14(11)16/h4-5,9,13,17H,3,6-8,10H2,1-2H3. The van der Waals surface area contributed by atoms with E-state index < -0.39 is 11.6 Å². The molecule has 0 bridgehead atoms. The van der Waals surface area contributed by atoms with Gasteiger partial charge in [0.05, 0.1) is 19.8 Å². The third-order valence-corrected chi connectivity index (χ3v) is 2.73. The Labute approximate surface area is 112 Å². The summed E-state index contributed by atoms with van der Waals surface area (Å²) < 4.78 is 36.7. The average Bonchev–Trinajstić information content (AvgIpc) is 2.38. The molecule has 0 saturated heterocycles. The number of hydrogen-bond donors (Lipinski definition) is 1. The first kappa shape index (κ1) is 16.0. The maximum Gasteiger partial charge on any atom is 0.129 e. The largest absolute Gasteiger partial charge is 0.382 e. The zero-order chi connectivity index (χ0) is 14.1. The lowest BCUT2D eigenvalue weighted by Gasteiger charge is -2.18. The Morgan fingerprint density at radius 2 is 2.05 bits per heavy atom. The minimum absolute atomic E-state index is 0.00168. The lowest BCUT2D eigenvalue weighted by atomic mass is 10.1. The van der Waals surface area contributed by atoms with Crippen LogP contribution in [0.1, 0.15) is 12.5 Å². The Morgan fingerprint density at radius 1 is 1.26 bits per heavy atom. The molecule has 0 aliphatic heterocycles. The molecule has 19 heavy (non-hydrogen) atoms. The van der Waals surface area contributed by atoms with E-state index in [2.05, 4.69) is 5.32 Å². The van der Waals surface area contributed by atoms with Crippen molar-refractivity contribution in [1.29, 1.82) is 0 Å². The van der Waals surface area contributed by atoms with Gasteiger partial charge in [0.1, 0.15) is 11.6 Å². The van der Waals surface area contributed by atoms with Crippen molar-refractivity contribution < 1.29 is 18.3 Å². The second-order valence-electron chi connectivity index (χ2n) is 4.26. The summed E-state index contributed by atoms with van der Waals surface area (Å²) in [6.07, 6.45) is 0.465. The smallest absolute Gasteiger partial charge is 0.129 e. The van der Waals surface area contributed by atoms with Gasteiger partial charge in [-0.25, -0.2) is 8.78 Å². The summed E-state index contributed by atoms with van der Waals surface area (Å²) >= 11 is 0. The number of halogens is 2. The molecule has 0 heterocycles. The van der Waals surface area contributed by atoms with Crippen LogP contribution in [0.5, 0.6) is 0 Å². The molecular weight excluding hydrogens is 252 g/mol. The van der Waals surface area contributed by atoms with E-state index in [9.17, 15) is 8.78 Å². The second-order valence-corrected chi connectivity index (χ2v) is 4.26. The van der Waals surface area contributed by atoms with Gasteiger partial charge in [0, 0.05) is 19.2 Å². The predicted molar refractivity (Wildman–Crippen MR) is 70.2 cm³/mol. The SMILES string of the molecule is CCNC(COCCOC)Cc1ccc(F)cc1F. The van der Waals surface area contributed by atoms with E-state index in [0.29, 0.717) is 31.8 Å². The summed E-state index contributed by atoms with van der Waals surface area (Å²) in [5, 5.41) is 3.22. The van der Waals surface area contributed by atoms with Crippen LogP contribution < -0.4 is 5.32 Å². The van der Waals surface area contributed by atoms with Gasteiger partial charge in [-0.2, -0.15) is 0 Å². The van der Waals surface area contributed by atoms with Gasteiger partial charge in [0.2, 0.25) is 0 Å². The van der Waals surface area contributed by atoms with Crippen LogP contribution in [-0.2, 0) is 15.9 Å². The fraction of sp³-hybridized carbons (Fsp3) is 0.571. The number of rotatable bonds is 9. The molecule has 5 heteroatoms. The van der Waals surface area contributed by atoms with Gasteiger partial charge in [-0.3, -0.25) is 0 Å². The summed E-state index contributed by atoms with van der Waals surface area (Å²) in [7, 11) is 1.61. The first-order valence-electron chi connectivity index (χ1n) is 6.41. The summed E-state index contributed by atoms with van der Waals surface area (Å²) in [4.78, 5) is 0. The third kappa shape index (κ3) is 6.09. The normalized spacial score (nSPS) is 12.6.